The summed E-state index contributed by atoms with van der Waals surface area (Å²) in [6.45, 7) is 2.31. The summed E-state index contributed by atoms with van der Waals surface area (Å²) in [5.74, 6) is 0.843. The molecule has 1 aliphatic heterocycles. The van der Waals surface area contributed by atoms with Gasteiger partial charge in [0.05, 0.1) is 0 Å². The molecular formula is C24H29N3O. The molecule has 4 heteroatoms. The maximum absolute atomic E-state index is 12.6. The first-order valence-electron chi connectivity index (χ1n) is 10.4. The molecule has 4 rings (SSSR count). The van der Waals surface area contributed by atoms with E-state index in [1.54, 1.807) is 0 Å². The molecule has 1 saturated heterocycles. The van der Waals surface area contributed by atoms with Gasteiger partial charge in [0.25, 0.3) is 0 Å². The van der Waals surface area contributed by atoms with Gasteiger partial charge in [0, 0.05) is 43.2 Å². The van der Waals surface area contributed by atoms with E-state index >= 15 is 0 Å². The van der Waals surface area contributed by atoms with E-state index < -0.39 is 0 Å². The lowest BCUT2D eigenvalue weighted by Gasteiger charge is -2.32. The van der Waals surface area contributed by atoms with Crippen LogP contribution in [0.2, 0.25) is 0 Å². The van der Waals surface area contributed by atoms with Crippen molar-refractivity contribution < 1.29 is 4.79 Å². The number of amides is 1. The molecule has 1 amide bonds. The Morgan fingerprint density at radius 3 is 2.75 bits per heavy atom. The summed E-state index contributed by atoms with van der Waals surface area (Å²) in [4.78, 5) is 18.0. The first-order chi connectivity index (χ1) is 13.7. The van der Waals surface area contributed by atoms with E-state index in [0.717, 1.165) is 38.8 Å². The Bertz CT molecular complexity index is 938. The lowest BCUT2D eigenvalue weighted by molar-refractivity contribution is -0.132. The molecule has 0 bridgehead atoms. The van der Waals surface area contributed by atoms with Crippen LogP contribution in [0.25, 0.3) is 10.9 Å². The number of piperidine rings is 1. The van der Waals surface area contributed by atoms with Gasteiger partial charge in [-0.2, -0.15) is 0 Å². The molecule has 0 unspecified atom stereocenters. The van der Waals surface area contributed by atoms with Crippen molar-refractivity contribution in [3.63, 3.8) is 0 Å². The van der Waals surface area contributed by atoms with E-state index in [1.807, 2.05) is 6.07 Å². The third-order valence-corrected chi connectivity index (χ3v) is 6.02. The van der Waals surface area contributed by atoms with Gasteiger partial charge in [-0.15, -0.1) is 0 Å². The van der Waals surface area contributed by atoms with Crippen molar-refractivity contribution in [3.8, 4) is 0 Å². The quantitative estimate of drug-likeness (QED) is 0.673. The number of hydrogen-bond donors (Lipinski definition) is 2. The van der Waals surface area contributed by atoms with Gasteiger partial charge >= 0.3 is 0 Å². The van der Waals surface area contributed by atoms with E-state index in [2.05, 4.69) is 58.5 Å². The topological polar surface area (TPSA) is 62.1 Å². The number of carbonyl (C=O) groups is 1. The maximum Gasteiger partial charge on any atom is 0.222 e. The highest BCUT2D eigenvalue weighted by Crippen LogP contribution is 2.29. The highest BCUT2D eigenvalue weighted by atomic mass is 16.2. The third-order valence-electron chi connectivity index (χ3n) is 6.02. The number of aromatic nitrogens is 1. The van der Waals surface area contributed by atoms with Gasteiger partial charge in [-0.3, -0.25) is 4.79 Å². The molecule has 0 saturated carbocycles. The number of para-hydroxylation sites is 1. The zero-order valence-electron chi connectivity index (χ0n) is 16.4. The number of nitrogens with one attached hydrogen (secondary N) is 1. The van der Waals surface area contributed by atoms with Gasteiger partial charge in [0.1, 0.15) is 0 Å². The Kier molecular flexibility index (Phi) is 5.77. The number of aryl methyl sites for hydroxylation is 1. The van der Waals surface area contributed by atoms with Gasteiger partial charge in [0.2, 0.25) is 5.91 Å². The summed E-state index contributed by atoms with van der Waals surface area (Å²) < 4.78 is 0. The fraction of sp³-hybridized carbons (Fsp3) is 0.375. The number of aromatic amines is 1. The molecule has 0 spiro atoms. The summed E-state index contributed by atoms with van der Waals surface area (Å²) in [7, 11) is 0. The molecule has 0 radical (unpaired) electrons. The zero-order chi connectivity index (χ0) is 19.3. The number of H-pyrrole nitrogens is 1. The second-order valence-electron chi connectivity index (χ2n) is 7.82. The van der Waals surface area contributed by atoms with Gasteiger partial charge in [-0.1, -0.05) is 42.5 Å². The average molecular weight is 376 g/mol. The minimum absolute atomic E-state index is 0.300. The van der Waals surface area contributed by atoms with Crippen molar-refractivity contribution in [2.24, 2.45) is 5.73 Å². The third kappa shape index (κ3) is 4.12. The molecule has 0 aliphatic carbocycles. The summed E-state index contributed by atoms with van der Waals surface area (Å²) in [5, 5.41) is 1.27. The molecule has 1 aliphatic rings. The summed E-state index contributed by atoms with van der Waals surface area (Å²) in [6.07, 6.45) is 6.64. The average Bonchev–Trinajstić information content (AvgIpc) is 3.17. The SMILES string of the molecule is NCc1cccc(C2CCN(C(=O)CCCc3c[nH]c4ccccc34)CC2)c1. The lowest BCUT2D eigenvalue weighted by Crippen LogP contribution is -2.37. The molecule has 1 fully saturated rings. The fourth-order valence-electron chi connectivity index (χ4n) is 4.36. The monoisotopic (exact) mass is 375 g/mol. The number of nitrogens with zero attached hydrogens (tertiary/aromatic N) is 1. The standard InChI is InChI=1S/C24H29N3O/c25-16-18-5-3-6-20(15-18)19-11-13-27(14-12-19)24(28)10-4-7-21-17-26-23-9-2-1-8-22(21)23/h1-3,5-6,8-9,15,17,19,26H,4,7,10-14,16,25H2. The summed E-state index contributed by atoms with van der Waals surface area (Å²) >= 11 is 0. The maximum atomic E-state index is 12.6. The predicted octanol–water partition coefficient (Wildman–Crippen LogP) is 4.36. The van der Waals surface area contributed by atoms with Crippen LogP contribution in [0.15, 0.2) is 54.7 Å². The highest BCUT2D eigenvalue weighted by molar-refractivity contribution is 5.83. The van der Waals surface area contributed by atoms with Gasteiger partial charge in [-0.05, 0) is 54.4 Å². The molecule has 1 aromatic heterocycles. The van der Waals surface area contributed by atoms with Crippen molar-refractivity contribution >= 4 is 16.8 Å². The summed E-state index contributed by atoms with van der Waals surface area (Å²) in [6, 6.07) is 17.0. The number of hydrogen-bond acceptors (Lipinski definition) is 2. The molecule has 28 heavy (non-hydrogen) atoms. The van der Waals surface area contributed by atoms with Gasteiger partial charge in [-0.25, -0.2) is 0 Å². The molecule has 2 aromatic carbocycles. The first-order valence-corrected chi connectivity index (χ1v) is 10.4. The van der Waals surface area contributed by atoms with Crippen LogP contribution in [-0.2, 0) is 17.8 Å². The molecule has 146 valence electrons. The van der Waals surface area contributed by atoms with Gasteiger partial charge < -0.3 is 15.6 Å². The Hall–Kier alpha value is -2.59. The van der Waals surface area contributed by atoms with Gasteiger partial charge in [0.15, 0.2) is 0 Å². The Balaban J connectivity index is 1.26. The number of benzene rings is 2. The number of likely N-dealkylation sites (tertiary alicyclic amines) is 1. The molecule has 3 aromatic rings. The molecular weight excluding hydrogens is 346 g/mol. The second-order valence-corrected chi connectivity index (χ2v) is 7.82. The van der Waals surface area contributed by atoms with Crippen LogP contribution in [0.3, 0.4) is 0 Å². The van der Waals surface area contributed by atoms with Crippen LogP contribution in [0, 0.1) is 0 Å². The van der Waals surface area contributed by atoms with E-state index in [-0.39, 0.29) is 0 Å². The van der Waals surface area contributed by atoms with Crippen molar-refractivity contribution in [2.45, 2.75) is 44.6 Å². The predicted molar refractivity (Wildman–Crippen MR) is 114 cm³/mol. The Morgan fingerprint density at radius 1 is 1.11 bits per heavy atom. The highest BCUT2D eigenvalue weighted by Gasteiger charge is 2.23. The number of rotatable bonds is 6. The minimum Gasteiger partial charge on any atom is -0.361 e. The fourth-order valence-corrected chi connectivity index (χ4v) is 4.36. The van der Waals surface area contributed by atoms with Crippen LogP contribution in [0.4, 0.5) is 0 Å². The van der Waals surface area contributed by atoms with E-state index in [9.17, 15) is 4.79 Å². The minimum atomic E-state index is 0.300. The Labute approximate surface area is 166 Å². The molecule has 3 N–H and O–H groups in total. The number of carbonyl (C=O) groups excluding carboxylic acids is 1. The lowest BCUT2D eigenvalue weighted by atomic mass is 9.88. The molecule has 0 atom stereocenters. The summed E-state index contributed by atoms with van der Waals surface area (Å²) in [5.41, 5.74) is 10.8. The van der Waals surface area contributed by atoms with Crippen LogP contribution in [0.1, 0.15) is 48.3 Å². The van der Waals surface area contributed by atoms with Crippen molar-refractivity contribution in [1.29, 1.82) is 0 Å². The number of fused-ring (bicyclic) bond motifs is 1. The van der Waals surface area contributed by atoms with Crippen LogP contribution >= 0.6 is 0 Å². The smallest absolute Gasteiger partial charge is 0.222 e. The largest absolute Gasteiger partial charge is 0.361 e. The van der Waals surface area contributed by atoms with E-state index in [0.29, 0.717) is 24.8 Å². The van der Waals surface area contributed by atoms with Crippen LogP contribution in [0.5, 0.6) is 0 Å². The molecule has 4 nitrogen and oxygen atoms in total. The van der Waals surface area contributed by atoms with Crippen molar-refractivity contribution in [2.75, 3.05) is 13.1 Å². The van der Waals surface area contributed by atoms with Crippen LogP contribution in [-0.4, -0.2) is 28.9 Å². The van der Waals surface area contributed by atoms with E-state index in [1.165, 1.54) is 27.6 Å². The van der Waals surface area contributed by atoms with E-state index in [4.69, 9.17) is 5.73 Å². The zero-order valence-corrected chi connectivity index (χ0v) is 16.4. The second kappa shape index (κ2) is 8.61. The number of nitrogens with two attached hydrogens (primary N) is 1. The van der Waals surface area contributed by atoms with Crippen molar-refractivity contribution in [3.05, 3.63) is 71.4 Å². The first kappa shape index (κ1) is 18.8. The molecule has 2 heterocycles. The van der Waals surface area contributed by atoms with Crippen molar-refractivity contribution in [1.82, 2.24) is 9.88 Å². The Morgan fingerprint density at radius 2 is 1.93 bits per heavy atom. The van der Waals surface area contributed by atoms with Crippen LogP contribution < -0.4 is 5.73 Å². The normalized spacial score (nSPS) is 15.2.